The van der Waals surface area contributed by atoms with E-state index in [1.807, 2.05) is 55.5 Å². The van der Waals surface area contributed by atoms with Crippen LogP contribution in [0.15, 0.2) is 53.6 Å². The molecular weight excluding hydrogens is 472 g/mol. The molecule has 1 fully saturated rings. The van der Waals surface area contributed by atoms with E-state index in [4.69, 9.17) is 19.3 Å². The van der Waals surface area contributed by atoms with Crippen molar-refractivity contribution in [2.75, 3.05) is 60.2 Å². The molecule has 0 radical (unpaired) electrons. The third-order valence-corrected chi connectivity index (χ3v) is 6.84. The lowest BCUT2D eigenvalue weighted by Gasteiger charge is -2.31. The van der Waals surface area contributed by atoms with Crippen LogP contribution in [0.4, 0.5) is 0 Å². The number of nitrogens with zero attached hydrogens (tertiary/aromatic N) is 4. The van der Waals surface area contributed by atoms with Crippen molar-refractivity contribution >= 4 is 17.5 Å². The van der Waals surface area contributed by atoms with Gasteiger partial charge in [-0.05, 0) is 17.7 Å². The molecule has 9 heteroatoms. The summed E-state index contributed by atoms with van der Waals surface area (Å²) < 4.78 is 16.4. The molecule has 0 aromatic heterocycles. The highest BCUT2D eigenvalue weighted by molar-refractivity contribution is 6.05. The predicted molar refractivity (Wildman–Crippen MR) is 141 cm³/mol. The zero-order chi connectivity index (χ0) is 26.2. The van der Waals surface area contributed by atoms with Gasteiger partial charge in [-0.1, -0.05) is 37.3 Å². The Labute approximate surface area is 218 Å². The molecule has 2 aromatic carbocycles. The van der Waals surface area contributed by atoms with Crippen molar-refractivity contribution in [2.45, 2.75) is 25.8 Å². The molecule has 1 saturated heterocycles. The number of amides is 2. The van der Waals surface area contributed by atoms with Gasteiger partial charge in [0.2, 0.25) is 5.91 Å². The third-order valence-electron chi connectivity index (χ3n) is 6.84. The van der Waals surface area contributed by atoms with Crippen LogP contribution < -0.4 is 9.47 Å². The first-order valence-electron chi connectivity index (χ1n) is 12.8. The second kappa shape index (κ2) is 12.7. The van der Waals surface area contributed by atoms with E-state index in [9.17, 15) is 9.59 Å². The minimum atomic E-state index is -0.270. The molecule has 9 nitrogen and oxygen atoms in total. The number of benzene rings is 2. The summed E-state index contributed by atoms with van der Waals surface area (Å²) in [6.45, 7) is 6.07. The van der Waals surface area contributed by atoms with E-state index in [0.29, 0.717) is 50.6 Å². The second-order valence-electron chi connectivity index (χ2n) is 9.10. The number of methoxy groups -OCH3 is 2. The van der Waals surface area contributed by atoms with Crippen LogP contribution in [0.3, 0.4) is 0 Å². The fourth-order valence-corrected chi connectivity index (χ4v) is 4.71. The Morgan fingerprint density at radius 1 is 1.08 bits per heavy atom. The summed E-state index contributed by atoms with van der Waals surface area (Å²) in [6.07, 6.45) is 0.879. The van der Waals surface area contributed by atoms with E-state index in [2.05, 4.69) is 4.90 Å². The van der Waals surface area contributed by atoms with Gasteiger partial charge in [-0.3, -0.25) is 14.5 Å². The number of hydrogen-bond acceptors (Lipinski definition) is 7. The van der Waals surface area contributed by atoms with Crippen molar-refractivity contribution in [3.8, 4) is 11.5 Å². The van der Waals surface area contributed by atoms with E-state index >= 15 is 0 Å². The maximum Gasteiger partial charge on any atom is 0.262 e. The molecule has 2 aromatic rings. The Morgan fingerprint density at radius 2 is 1.84 bits per heavy atom. The standard InChI is InChI=1S/C28H36N4O5/c1-4-27(33)31(13-12-30-14-16-37-17-15-30)20-28(34)32-25(21-8-6-5-7-9-21)19-24(29-32)23-11-10-22(35-2)18-26(23)36-3/h5-11,18,25H,4,12-17,19-20H2,1-3H3/t25-/m0/s1. The summed E-state index contributed by atoms with van der Waals surface area (Å²) in [5, 5.41) is 6.32. The Balaban J connectivity index is 1.57. The molecule has 0 N–H and O–H groups in total. The van der Waals surface area contributed by atoms with Crippen LogP contribution in [0.1, 0.15) is 36.9 Å². The number of hydrazone groups is 1. The summed E-state index contributed by atoms with van der Waals surface area (Å²) in [7, 11) is 3.21. The van der Waals surface area contributed by atoms with Gasteiger partial charge in [-0.25, -0.2) is 5.01 Å². The molecule has 198 valence electrons. The first-order valence-corrected chi connectivity index (χ1v) is 12.8. The van der Waals surface area contributed by atoms with Crippen molar-refractivity contribution in [2.24, 2.45) is 5.10 Å². The van der Waals surface area contributed by atoms with Gasteiger partial charge in [0, 0.05) is 50.7 Å². The van der Waals surface area contributed by atoms with Crippen molar-refractivity contribution < 1.29 is 23.8 Å². The molecule has 2 heterocycles. The molecule has 0 unspecified atom stereocenters. The van der Waals surface area contributed by atoms with E-state index in [1.54, 1.807) is 24.1 Å². The molecule has 2 amide bonds. The largest absolute Gasteiger partial charge is 0.497 e. The Bertz CT molecular complexity index is 1100. The Kier molecular flexibility index (Phi) is 9.14. The van der Waals surface area contributed by atoms with Crippen LogP contribution in [0.5, 0.6) is 11.5 Å². The lowest BCUT2D eigenvalue weighted by Crippen LogP contribution is -2.46. The van der Waals surface area contributed by atoms with Crippen LogP contribution in [-0.4, -0.2) is 92.5 Å². The molecule has 0 saturated carbocycles. The Hall–Kier alpha value is -3.43. The number of ether oxygens (including phenoxy) is 3. The number of carbonyl (C=O) groups is 2. The summed E-state index contributed by atoms with van der Waals surface area (Å²) >= 11 is 0. The van der Waals surface area contributed by atoms with E-state index in [1.165, 1.54) is 0 Å². The van der Waals surface area contributed by atoms with Crippen LogP contribution in [0.2, 0.25) is 0 Å². The summed E-state index contributed by atoms with van der Waals surface area (Å²) in [4.78, 5) is 30.4. The van der Waals surface area contributed by atoms with E-state index in [0.717, 1.165) is 29.9 Å². The molecule has 4 rings (SSSR count). The van der Waals surface area contributed by atoms with Crippen molar-refractivity contribution in [3.05, 3.63) is 59.7 Å². The quantitative estimate of drug-likeness (QED) is 0.491. The Morgan fingerprint density at radius 3 is 2.51 bits per heavy atom. The SMILES string of the molecule is CCC(=O)N(CCN1CCOCC1)CC(=O)N1N=C(c2ccc(OC)cc2OC)C[C@H]1c1ccccc1. The molecule has 2 aliphatic heterocycles. The molecule has 0 bridgehead atoms. The highest BCUT2D eigenvalue weighted by atomic mass is 16.5. The van der Waals surface area contributed by atoms with E-state index in [-0.39, 0.29) is 24.4 Å². The summed E-state index contributed by atoms with van der Waals surface area (Å²) in [6, 6.07) is 15.2. The van der Waals surface area contributed by atoms with Gasteiger partial charge < -0.3 is 19.1 Å². The second-order valence-corrected chi connectivity index (χ2v) is 9.10. The average Bonchev–Trinajstić information content (AvgIpc) is 3.41. The number of rotatable bonds is 10. The van der Waals surface area contributed by atoms with Gasteiger partial charge in [-0.15, -0.1) is 0 Å². The van der Waals surface area contributed by atoms with Gasteiger partial charge in [0.25, 0.3) is 5.91 Å². The maximum atomic E-state index is 13.7. The van der Waals surface area contributed by atoms with E-state index < -0.39 is 0 Å². The van der Waals surface area contributed by atoms with Gasteiger partial charge in [0.15, 0.2) is 0 Å². The zero-order valence-electron chi connectivity index (χ0n) is 21.9. The highest BCUT2D eigenvalue weighted by Gasteiger charge is 2.35. The normalized spacial score (nSPS) is 17.9. The van der Waals surface area contributed by atoms with Gasteiger partial charge >= 0.3 is 0 Å². The monoisotopic (exact) mass is 508 g/mol. The molecule has 1 atom stereocenters. The first kappa shape index (κ1) is 26.6. The fraction of sp³-hybridized carbons (Fsp3) is 0.464. The van der Waals surface area contributed by atoms with Crippen LogP contribution in [0.25, 0.3) is 0 Å². The van der Waals surface area contributed by atoms with Crippen molar-refractivity contribution in [1.82, 2.24) is 14.8 Å². The molecule has 0 aliphatic carbocycles. The topological polar surface area (TPSA) is 83.9 Å². The van der Waals surface area contributed by atoms with Crippen molar-refractivity contribution in [3.63, 3.8) is 0 Å². The predicted octanol–water partition coefficient (Wildman–Crippen LogP) is 2.95. The number of hydrogen-bond donors (Lipinski definition) is 0. The van der Waals surface area contributed by atoms with Gasteiger partial charge in [-0.2, -0.15) is 5.10 Å². The highest BCUT2D eigenvalue weighted by Crippen LogP contribution is 2.36. The zero-order valence-corrected chi connectivity index (χ0v) is 21.9. The van der Waals surface area contributed by atoms with Gasteiger partial charge in [0.1, 0.15) is 18.0 Å². The number of carbonyl (C=O) groups excluding carboxylic acids is 2. The van der Waals surface area contributed by atoms with Crippen LogP contribution in [-0.2, 0) is 14.3 Å². The minimum Gasteiger partial charge on any atom is -0.497 e. The summed E-state index contributed by atoms with van der Waals surface area (Å²) in [5.74, 6) is 1.06. The van der Waals surface area contributed by atoms with Crippen molar-refractivity contribution in [1.29, 1.82) is 0 Å². The minimum absolute atomic E-state index is 0.0170. The average molecular weight is 509 g/mol. The lowest BCUT2D eigenvalue weighted by atomic mass is 9.98. The first-order chi connectivity index (χ1) is 18.0. The molecular formula is C28H36N4O5. The molecule has 2 aliphatic rings. The maximum absolute atomic E-state index is 13.7. The third kappa shape index (κ3) is 6.47. The van der Waals surface area contributed by atoms with Crippen LogP contribution >= 0.6 is 0 Å². The summed E-state index contributed by atoms with van der Waals surface area (Å²) in [5.41, 5.74) is 2.56. The lowest BCUT2D eigenvalue weighted by molar-refractivity contribution is -0.141. The van der Waals surface area contributed by atoms with Gasteiger partial charge in [0.05, 0.1) is 39.2 Å². The van der Waals surface area contributed by atoms with Crippen LogP contribution in [0, 0.1) is 0 Å². The fourth-order valence-electron chi connectivity index (χ4n) is 4.71. The smallest absolute Gasteiger partial charge is 0.262 e. The molecule has 0 spiro atoms. The number of morpholine rings is 1. The molecule has 37 heavy (non-hydrogen) atoms.